The third kappa shape index (κ3) is 4.91. The summed E-state index contributed by atoms with van der Waals surface area (Å²) in [6.45, 7) is 5.03. The Morgan fingerprint density at radius 3 is 2.84 bits per heavy atom. The number of hydrogen-bond acceptors (Lipinski definition) is 4. The number of carbonyl (C=O) groups is 1. The molecule has 1 amide bonds. The molecule has 0 unspecified atom stereocenters. The maximum absolute atomic E-state index is 12.6. The van der Waals surface area contributed by atoms with Gasteiger partial charge in [0.1, 0.15) is 6.61 Å². The summed E-state index contributed by atoms with van der Waals surface area (Å²) in [5.74, 6) is 1.96. The van der Waals surface area contributed by atoms with Crippen molar-refractivity contribution >= 4 is 46.3 Å². The lowest BCUT2D eigenvalue weighted by molar-refractivity contribution is -0.123. The molecule has 2 aromatic rings. The van der Waals surface area contributed by atoms with Crippen molar-refractivity contribution in [1.29, 1.82) is 0 Å². The van der Waals surface area contributed by atoms with E-state index in [0.717, 1.165) is 27.5 Å². The van der Waals surface area contributed by atoms with Crippen molar-refractivity contribution in [3.63, 3.8) is 0 Å². The fraction of sp³-hybridized carbons (Fsp3) is 0.440. The highest BCUT2D eigenvalue weighted by Crippen LogP contribution is 2.66. The molecule has 0 aliphatic heterocycles. The van der Waals surface area contributed by atoms with Crippen LogP contribution < -0.4 is 14.9 Å². The number of fused-ring (bicyclic) bond motifs is 1. The van der Waals surface area contributed by atoms with Gasteiger partial charge in [-0.25, -0.2) is 5.43 Å². The Bertz CT molecular complexity index is 1030. The van der Waals surface area contributed by atoms with Gasteiger partial charge in [0.05, 0.1) is 16.4 Å². The molecule has 4 rings (SSSR count). The second-order valence-electron chi connectivity index (χ2n) is 8.71. The molecule has 32 heavy (non-hydrogen) atoms. The summed E-state index contributed by atoms with van der Waals surface area (Å²) >= 11 is 8.47. The van der Waals surface area contributed by atoms with Crippen molar-refractivity contribution in [3.05, 3.63) is 56.1 Å². The molecule has 0 spiro atoms. The van der Waals surface area contributed by atoms with Gasteiger partial charge in [0.15, 0.2) is 11.5 Å². The number of nitrogens with one attached hydrogen (secondary N) is 1. The van der Waals surface area contributed by atoms with E-state index in [2.05, 4.69) is 40.0 Å². The number of ether oxygens (including phenoxy) is 2. The van der Waals surface area contributed by atoms with Gasteiger partial charge in [0.25, 0.3) is 0 Å². The first-order valence-electron chi connectivity index (χ1n) is 11.1. The maximum atomic E-state index is 12.6. The van der Waals surface area contributed by atoms with Crippen LogP contribution in [0.5, 0.6) is 11.5 Å². The molecule has 5 nitrogen and oxygen atoms in total. The van der Waals surface area contributed by atoms with Gasteiger partial charge in [-0.3, -0.25) is 4.79 Å². The summed E-state index contributed by atoms with van der Waals surface area (Å²) in [6, 6.07) is 11.4. The molecule has 2 aliphatic rings. The molecule has 170 valence electrons. The minimum Gasteiger partial charge on any atom is -0.490 e. The molecule has 2 aromatic carbocycles. The Labute approximate surface area is 208 Å². The Balaban J connectivity index is 1.43. The van der Waals surface area contributed by atoms with E-state index in [1.54, 1.807) is 6.21 Å². The zero-order valence-corrected chi connectivity index (χ0v) is 21.3. The number of carbonyl (C=O) groups excluding carboxylic acids is 1. The van der Waals surface area contributed by atoms with Crippen LogP contribution in [0.3, 0.4) is 0 Å². The van der Waals surface area contributed by atoms with E-state index in [0.29, 0.717) is 35.7 Å². The second kappa shape index (κ2) is 10.00. The van der Waals surface area contributed by atoms with Crippen molar-refractivity contribution in [3.8, 4) is 11.5 Å². The quantitative estimate of drug-likeness (QED) is 0.235. The van der Waals surface area contributed by atoms with Gasteiger partial charge in [-0.15, -0.1) is 0 Å². The first kappa shape index (κ1) is 23.4. The summed E-state index contributed by atoms with van der Waals surface area (Å²) in [5, 5.41) is 4.90. The number of rotatable bonds is 8. The first-order valence-corrected chi connectivity index (χ1v) is 12.5. The van der Waals surface area contributed by atoms with Crippen molar-refractivity contribution in [2.24, 2.45) is 22.4 Å². The van der Waals surface area contributed by atoms with Gasteiger partial charge in [0, 0.05) is 16.5 Å². The van der Waals surface area contributed by atoms with Gasteiger partial charge >= 0.3 is 0 Å². The minimum atomic E-state index is 0.0371. The van der Waals surface area contributed by atoms with Gasteiger partial charge in [-0.2, -0.15) is 5.10 Å². The van der Waals surface area contributed by atoms with Crippen molar-refractivity contribution in [2.45, 2.75) is 46.1 Å². The molecule has 0 bridgehead atoms. The van der Waals surface area contributed by atoms with Gasteiger partial charge in [0.2, 0.25) is 5.91 Å². The van der Waals surface area contributed by atoms with Crippen LogP contribution in [0.4, 0.5) is 0 Å². The molecule has 3 atom stereocenters. The van der Waals surface area contributed by atoms with Crippen LogP contribution in [0.25, 0.3) is 0 Å². The van der Waals surface area contributed by atoms with Crippen LogP contribution >= 0.6 is 34.2 Å². The smallest absolute Gasteiger partial charge is 0.244 e. The average Bonchev–Trinajstić information content (AvgIpc) is 3.40. The SMILES string of the molecule is CCOc1cc(/C=N\NC(=O)[C@H]2[C@@H]3CCCC[C@@]32C)cc(I)c1OCc1ccccc1Cl. The summed E-state index contributed by atoms with van der Waals surface area (Å²) in [5.41, 5.74) is 4.68. The van der Waals surface area contributed by atoms with Gasteiger partial charge in [-0.05, 0) is 77.5 Å². The molecular weight excluding hydrogens is 539 g/mol. The molecule has 0 heterocycles. The number of benzene rings is 2. The molecule has 2 aliphatic carbocycles. The summed E-state index contributed by atoms with van der Waals surface area (Å²) in [6.07, 6.45) is 6.42. The van der Waals surface area contributed by atoms with Gasteiger partial charge in [-0.1, -0.05) is 49.6 Å². The molecule has 0 radical (unpaired) electrons. The van der Waals surface area contributed by atoms with E-state index in [1.165, 1.54) is 12.8 Å². The molecular formula is C25H28ClIN2O3. The average molecular weight is 567 g/mol. The fourth-order valence-corrected chi connectivity index (χ4v) is 5.89. The topological polar surface area (TPSA) is 59.9 Å². The fourth-order valence-electron chi connectivity index (χ4n) is 4.92. The number of hydrazone groups is 1. The monoisotopic (exact) mass is 566 g/mol. The first-order chi connectivity index (χ1) is 15.4. The normalized spacial score (nSPS) is 24.1. The predicted octanol–water partition coefficient (Wildman–Crippen LogP) is 6.20. The molecule has 0 aromatic heterocycles. The van der Waals surface area contributed by atoms with Crippen LogP contribution in [0.15, 0.2) is 41.5 Å². The van der Waals surface area contributed by atoms with Crippen molar-refractivity contribution in [2.75, 3.05) is 6.61 Å². The summed E-state index contributed by atoms with van der Waals surface area (Å²) in [4.78, 5) is 12.6. The van der Waals surface area contributed by atoms with E-state index in [-0.39, 0.29) is 17.2 Å². The minimum absolute atomic E-state index is 0.0371. The van der Waals surface area contributed by atoms with E-state index < -0.39 is 0 Å². The van der Waals surface area contributed by atoms with Crippen molar-refractivity contribution < 1.29 is 14.3 Å². The van der Waals surface area contributed by atoms with Crippen LogP contribution in [-0.2, 0) is 11.4 Å². The zero-order valence-electron chi connectivity index (χ0n) is 18.4. The largest absolute Gasteiger partial charge is 0.490 e. The number of halogens is 2. The van der Waals surface area contributed by atoms with Crippen molar-refractivity contribution in [1.82, 2.24) is 5.43 Å². The van der Waals surface area contributed by atoms with Gasteiger partial charge < -0.3 is 9.47 Å². The van der Waals surface area contributed by atoms with Crippen LogP contribution in [0.1, 0.15) is 50.7 Å². The predicted molar refractivity (Wildman–Crippen MR) is 135 cm³/mol. The van der Waals surface area contributed by atoms with Crippen LogP contribution in [-0.4, -0.2) is 18.7 Å². The Kier molecular flexibility index (Phi) is 7.30. The molecule has 1 N–H and O–H groups in total. The number of nitrogens with zero attached hydrogens (tertiary/aromatic N) is 1. The Hall–Kier alpha value is -1.80. The van der Waals surface area contributed by atoms with Crippen LogP contribution in [0, 0.1) is 20.8 Å². The Morgan fingerprint density at radius 1 is 1.31 bits per heavy atom. The van der Waals surface area contributed by atoms with E-state index in [4.69, 9.17) is 21.1 Å². The third-order valence-corrected chi connectivity index (χ3v) is 7.83. The molecule has 2 fully saturated rings. The number of hydrogen-bond donors (Lipinski definition) is 1. The standard InChI is InChI=1S/C25H28ClIN2O3/c1-3-31-21-13-16(12-20(27)23(21)32-15-17-8-4-5-10-19(17)26)14-28-29-24(30)22-18-9-6-7-11-25(18,22)2/h4-5,8,10,12-14,18,22H,3,6-7,9,11,15H2,1-2H3,(H,29,30)/b28-14-/t18-,22+,25-/m0/s1. The molecule has 7 heteroatoms. The highest BCUT2D eigenvalue weighted by molar-refractivity contribution is 14.1. The van der Waals surface area contributed by atoms with E-state index in [9.17, 15) is 4.79 Å². The zero-order chi connectivity index (χ0) is 22.7. The lowest BCUT2D eigenvalue weighted by Gasteiger charge is -2.15. The van der Waals surface area contributed by atoms with E-state index in [1.807, 2.05) is 43.3 Å². The highest BCUT2D eigenvalue weighted by Gasteiger charge is 2.64. The molecule has 2 saturated carbocycles. The maximum Gasteiger partial charge on any atom is 0.244 e. The highest BCUT2D eigenvalue weighted by atomic mass is 127. The summed E-state index contributed by atoms with van der Waals surface area (Å²) < 4.78 is 12.8. The van der Waals surface area contributed by atoms with Crippen LogP contribution in [0.2, 0.25) is 5.02 Å². The summed E-state index contributed by atoms with van der Waals surface area (Å²) in [7, 11) is 0. The van der Waals surface area contributed by atoms with E-state index >= 15 is 0 Å². The molecule has 0 saturated heterocycles. The second-order valence-corrected chi connectivity index (χ2v) is 10.3. The number of amides is 1. The Morgan fingerprint density at radius 2 is 2.12 bits per heavy atom. The lowest BCUT2D eigenvalue weighted by atomic mass is 9.90. The third-order valence-electron chi connectivity index (χ3n) is 6.66. The lowest BCUT2D eigenvalue weighted by Crippen LogP contribution is -2.22.